The zero-order chi connectivity index (χ0) is 19.1. The van der Waals surface area contributed by atoms with Crippen molar-refractivity contribution < 1.29 is 9.53 Å². The molecule has 1 N–H and O–H groups in total. The Morgan fingerprint density at radius 1 is 0.926 bits per heavy atom. The lowest BCUT2D eigenvalue weighted by Crippen LogP contribution is -2.14. The number of nitrogens with one attached hydrogen (secondary N) is 1. The molecule has 3 nitrogen and oxygen atoms in total. The van der Waals surface area contributed by atoms with E-state index in [1.807, 2.05) is 54.6 Å². The molecule has 3 aromatic carbocycles. The number of carbonyl (C=O) groups excluding carboxylic acids is 1. The molecule has 3 aromatic rings. The van der Waals surface area contributed by atoms with Crippen LogP contribution in [0.3, 0.4) is 0 Å². The number of amides is 1. The molecular weight excluding hydrogens is 401 g/mol. The van der Waals surface area contributed by atoms with E-state index in [0.29, 0.717) is 38.7 Å². The van der Waals surface area contributed by atoms with Crippen molar-refractivity contribution in [3.05, 3.63) is 88.4 Å². The van der Waals surface area contributed by atoms with Gasteiger partial charge in [-0.2, -0.15) is 0 Å². The molecule has 0 aliphatic carbocycles. The van der Waals surface area contributed by atoms with Gasteiger partial charge in [-0.1, -0.05) is 53.5 Å². The highest BCUT2D eigenvalue weighted by atomic mass is 35.5. The van der Waals surface area contributed by atoms with E-state index in [-0.39, 0.29) is 5.91 Å². The number of anilines is 1. The predicted molar refractivity (Wildman–Crippen MR) is 114 cm³/mol. The van der Waals surface area contributed by atoms with Crippen LogP contribution in [0, 0.1) is 0 Å². The van der Waals surface area contributed by atoms with E-state index in [4.69, 9.17) is 27.9 Å². The highest BCUT2D eigenvalue weighted by Gasteiger charge is 2.10. The van der Waals surface area contributed by atoms with Crippen molar-refractivity contribution >= 4 is 46.6 Å². The van der Waals surface area contributed by atoms with Gasteiger partial charge in [0, 0.05) is 15.8 Å². The molecule has 0 aliphatic rings. The highest BCUT2D eigenvalue weighted by Crippen LogP contribution is 2.32. The van der Waals surface area contributed by atoms with Crippen LogP contribution in [0.1, 0.15) is 5.56 Å². The van der Waals surface area contributed by atoms with Crippen LogP contribution in [0.4, 0.5) is 5.69 Å². The van der Waals surface area contributed by atoms with Crippen LogP contribution in [-0.4, -0.2) is 11.7 Å². The van der Waals surface area contributed by atoms with Crippen molar-refractivity contribution in [2.45, 2.75) is 5.75 Å². The number of thioether (sulfide) groups is 1. The van der Waals surface area contributed by atoms with Crippen molar-refractivity contribution in [2.75, 3.05) is 11.1 Å². The van der Waals surface area contributed by atoms with Gasteiger partial charge in [-0.25, -0.2) is 0 Å². The van der Waals surface area contributed by atoms with Crippen LogP contribution in [0.2, 0.25) is 10.0 Å². The fraction of sp³-hybridized carbons (Fsp3) is 0.0952. The lowest BCUT2D eigenvalue weighted by molar-refractivity contribution is -0.113. The molecule has 0 bridgehead atoms. The lowest BCUT2D eigenvalue weighted by atomic mass is 10.2. The average molecular weight is 418 g/mol. The van der Waals surface area contributed by atoms with Gasteiger partial charge in [0.05, 0.1) is 11.4 Å². The molecule has 0 heterocycles. The molecular formula is C21H17Cl2NO2S. The van der Waals surface area contributed by atoms with Crippen LogP contribution in [0.15, 0.2) is 72.8 Å². The fourth-order valence-corrected chi connectivity index (χ4v) is 3.54. The summed E-state index contributed by atoms with van der Waals surface area (Å²) in [5, 5.41) is 4.09. The van der Waals surface area contributed by atoms with Crippen LogP contribution in [0.5, 0.6) is 11.5 Å². The topological polar surface area (TPSA) is 38.3 Å². The van der Waals surface area contributed by atoms with Crippen LogP contribution < -0.4 is 10.1 Å². The van der Waals surface area contributed by atoms with Crippen molar-refractivity contribution in [2.24, 2.45) is 0 Å². The maximum atomic E-state index is 12.3. The zero-order valence-corrected chi connectivity index (χ0v) is 16.7. The minimum absolute atomic E-state index is 0.123. The minimum atomic E-state index is -0.123. The number of rotatable bonds is 7. The molecule has 1 amide bonds. The average Bonchev–Trinajstić information content (AvgIpc) is 2.65. The van der Waals surface area contributed by atoms with Gasteiger partial charge in [0.15, 0.2) is 5.75 Å². The Morgan fingerprint density at radius 3 is 2.48 bits per heavy atom. The number of hydrogen-bond acceptors (Lipinski definition) is 3. The second kappa shape index (κ2) is 9.70. The Hall–Kier alpha value is -2.14. The van der Waals surface area contributed by atoms with Gasteiger partial charge < -0.3 is 10.1 Å². The molecule has 0 aliphatic heterocycles. The summed E-state index contributed by atoms with van der Waals surface area (Å²) in [6.45, 7) is 0. The number of para-hydroxylation sites is 1. The van der Waals surface area contributed by atoms with Crippen molar-refractivity contribution in [1.82, 2.24) is 0 Å². The van der Waals surface area contributed by atoms with Crippen LogP contribution in [0.25, 0.3) is 0 Å². The third-order valence-corrected chi connectivity index (χ3v) is 5.05. The van der Waals surface area contributed by atoms with Gasteiger partial charge in [0.2, 0.25) is 5.91 Å². The van der Waals surface area contributed by atoms with E-state index >= 15 is 0 Å². The first-order chi connectivity index (χ1) is 13.1. The SMILES string of the molecule is O=C(CSCc1cccc(Cl)c1)Nc1cc(Cl)ccc1Oc1ccccc1. The fourth-order valence-electron chi connectivity index (χ4n) is 2.38. The molecule has 138 valence electrons. The monoisotopic (exact) mass is 417 g/mol. The Morgan fingerprint density at radius 2 is 1.70 bits per heavy atom. The van der Waals surface area contributed by atoms with Crippen molar-refractivity contribution in [3.8, 4) is 11.5 Å². The smallest absolute Gasteiger partial charge is 0.234 e. The number of carbonyl (C=O) groups is 1. The molecule has 0 fully saturated rings. The summed E-state index contributed by atoms with van der Waals surface area (Å²) >= 11 is 13.6. The van der Waals surface area contributed by atoms with Crippen molar-refractivity contribution in [3.63, 3.8) is 0 Å². The molecule has 0 atom stereocenters. The van der Waals surface area contributed by atoms with E-state index in [9.17, 15) is 4.79 Å². The Labute approximate surface area is 172 Å². The second-order valence-corrected chi connectivity index (χ2v) is 7.58. The van der Waals surface area contributed by atoms with Gasteiger partial charge >= 0.3 is 0 Å². The summed E-state index contributed by atoms with van der Waals surface area (Å²) in [4.78, 5) is 12.3. The molecule has 0 spiro atoms. The van der Waals surface area contributed by atoms with E-state index in [2.05, 4.69) is 5.32 Å². The predicted octanol–water partition coefficient (Wildman–Crippen LogP) is 6.66. The van der Waals surface area contributed by atoms with E-state index in [1.54, 1.807) is 18.2 Å². The molecule has 6 heteroatoms. The van der Waals surface area contributed by atoms with Gasteiger partial charge in [0.25, 0.3) is 0 Å². The summed E-state index contributed by atoms with van der Waals surface area (Å²) in [7, 11) is 0. The summed E-state index contributed by atoms with van der Waals surface area (Å²) in [6.07, 6.45) is 0. The molecule has 0 radical (unpaired) electrons. The first-order valence-corrected chi connectivity index (χ1v) is 10.2. The Balaban J connectivity index is 1.60. The molecule has 0 unspecified atom stereocenters. The van der Waals surface area contributed by atoms with Crippen LogP contribution >= 0.6 is 35.0 Å². The minimum Gasteiger partial charge on any atom is -0.455 e. The van der Waals surface area contributed by atoms with E-state index in [1.165, 1.54) is 11.8 Å². The Bertz CT molecular complexity index is 919. The number of halogens is 2. The lowest BCUT2D eigenvalue weighted by Gasteiger charge is -2.13. The van der Waals surface area contributed by atoms with Gasteiger partial charge in [0.1, 0.15) is 5.75 Å². The zero-order valence-electron chi connectivity index (χ0n) is 14.3. The van der Waals surface area contributed by atoms with E-state index < -0.39 is 0 Å². The van der Waals surface area contributed by atoms with Crippen LogP contribution in [-0.2, 0) is 10.5 Å². The standard InChI is InChI=1S/C21H17Cl2NO2S/c22-16-6-4-5-15(11-16)13-27-14-21(25)24-19-12-17(23)9-10-20(19)26-18-7-2-1-3-8-18/h1-12H,13-14H2,(H,24,25). The molecule has 27 heavy (non-hydrogen) atoms. The largest absolute Gasteiger partial charge is 0.455 e. The maximum Gasteiger partial charge on any atom is 0.234 e. The number of ether oxygens (including phenoxy) is 1. The van der Waals surface area contributed by atoms with Gasteiger partial charge in [-0.3, -0.25) is 4.79 Å². The summed E-state index contributed by atoms with van der Waals surface area (Å²) in [5.41, 5.74) is 1.62. The molecule has 3 rings (SSSR count). The molecule has 0 saturated carbocycles. The molecule has 0 saturated heterocycles. The summed E-state index contributed by atoms with van der Waals surface area (Å²) in [5.74, 6) is 2.12. The summed E-state index contributed by atoms with van der Waals surface area (Å²) < 4.78 is 5.86. The third kappa shape index (κ3) is 6.21. The number of benzene rings is 3. The molecule has 0 aromatic heterocycles. The van der Waals surface area contributed by atoms with Gasteiger partial charge in [-0.15, -0.1) is 11.8 Å². The number of hydrogen-bond donors (Lipinski definition) is 1. The maximum absolute atomic E-state index is 12.3. The third-order valence-electron chi connectivity index (χ3n) is 3.58. The first kappa shape index (κ1) is 19.6. The van der Waals surface area contributed by atoms with E-state index in [0.717, 1.165) is 5.56 Å². The highest BCUT2D eigenvalue weighted by molar-refractivity contribution is 7.99. The normalized spacial score (nSPS) is 10.4. The Kier molecular flexibility index (Phi) is 7.04. The second-order valence-electron chi connectivity index (χ2n) is 5.73. The quantitative estimate of drug-likeness (QED) is 0.466. The summed E-state index contributed by atoms with van der Waals surface area (Å²) in [6, 6.07) is 22.1. The van der Waals surface area contributed by atoms with Crippen molar-refractivity contribution in [1.29, 1.82) is 0 Å². The first-order valence-electron chi connectivity index (χ1n) is 8.24. The van der Waals surface area contributed by atoms with Gasteiger partial charge in [-0.05, 0) is 48.0 Å².